The van der Waals surface area contributed by atoms with Gasteiger partial charge in [-0.05, 0) is 6.42 Å². The summed E-state index contributed by atoms with van der Waals surface area (Å²) in [5.74, 6) is -0.497. The summed E-state index contributed by atoms with van der Waals surface area (Å²) in [6.07, 6.45) is 1.39. The van der Waals surface area contributed by atoms with Crippen LogP contribution in [0.3, 0.4) is 0 Å². The van der Waals surface area contributed by atoms with Crippen LogP contribution in [-0.4, -0.2) is 29.0 Å². The van der Waals surface area contributed by atoms with E-state index in [1.807, 2.05) is 6.92 Å². The molecule has 1 heterocycles. The number of amides is 2. The van der Waals surface area contributed by atoms with Crippen molar-refractivity contribution in [2.24, 2.45) is 5.41 Å². The van der Waals surface area contributed by atoms with Crippen molar-refractivity contribution < 1.29 is 14.4 Å². The zero-order valence-electron chi connectivity index (χ0n) is 9.50. The SMILES string of the molecule is CCCC(=O)CN1C(=O)CC(C)(C)C1=O. The Kier molecular flexibility index (Phi) is 3.27. The van der Waals surface area contributed by atoms with E-state index < -0.39 is 5.41 Å². The zero-order valence-corrected chi connectivity index (χ0v) is 9.50. The van der Waals surface area contributed by atoms with Crippen molar-refractivity contribution in [3.05, 3.63) is 0 Å². The van der Waals surface area contributed by atoms with Crippen molar-refractivity contribution in [2.45, 2.75) is 40.0 Å². The van der Waals surface area contributed by atoms with Crippen LogP contribution in [0.1, 0.15) is 40.0 Å². The van der Waals surface area contributed by atoms with Gasteiger partial charge >= 0.3 is 0 Å². The second-order valence-corrected chi connectivity index (χ2v) is 4.63. The van der Waals surface area contributed by atoms with Gasteiger partial charge in [-0.2, -0.15) is 0 Å². The highest BCUT2D eigenvalue weighted by Crippen LogP contribution is 2.31. The predicted octanol–water partition coefficient (Wildman–Crippen LogP) is 1.14. The molecule has 2 amide bonds. The number of carbonyl (C=O) groups excluding carboxylic acids is 3. The van der Waals surface area contributed by atoms with Crippen LogP contribution in [0, 0.1) is 5.41 Å². The Balaban J connectivity index is 2.67. The maximum Gasteiger partial charge on any atom is 0.235 e. The topological polar surface area (TPSA) is 54.5 Å². The van der Waals surface area contributed by atoms with Crippen molar-refractivity contribution in [3.8, 4) is 0 Å². The number of ketones is 1. The fraction of sp³-hybridized carbons (Fsp3) is 0.727. The highest BCUT2D eigenvalue weighted by molar-refractivity contribution is 6.07. The van der Waals surface area contributed by atoms with Crippen LogP contribution in [-0.2, 0) is 14.4 Å². The van der Waals surface area contributed by atoms with Crippen molar-refractivity contribution in [1.29, 1.82) is 0 Å². The van der Waals surface area contributed by atoms with Gasteiger partial charge in [-0.15, -0.1) is 0 Å². The molecule has 1 rings (SSSR count). The summed E-state index contributed by atoms with van der Waals surface area (Å²) in [5, 5.41) is 0. The molecule has 0 radical (unpaired) electrons. The largest absolute Gasteiger partial charge is 0.298 e. The molecule has 0 spiro atoms. The zero-order chi connectivity index (χ0) is 11.6. The first kappa shape index (κ1) is 11.9. The minimum Gasteiger partial charge on any atom is -0.298 e. The first-order chi connectivity index (χ1) is 6.88. The highest BCUT2D eigenvalue weighted by Gasteiger charge is 2.44. The van der Waals surface area contributed by atoms with E-state index in [4.69, 9.17) is 0 Å². The third-order valence-corrected chi connectivity index (χ3v) is 2.58. The first-order valence-electron chi connectivity index (χ1n) is 5.25. The fourth-order valence-electron chi connectivity index (χ4n) is 1.72. The number of rotatable bonds is 4. The molecule has 0 saturated carbocycles. The van der Waals surface area contributed by atoms with Crippen LogP contribution >= 0.6 is 0 Å². The van der Waals surface area contributed by atoms with Crippen LogP contribution in [0.2, 0.25) is 0 Å². The molecule has 0 aromatic carbocycles. The van der Waals surface area contributed by atoms with Crippen LogP contribution in [0.4, 0.5) is 0 Å². The molecular formula is C11H17NO3. The summed E-state index contributed by atoms with van der Waals surface area (Å²) in [6, 6.07) is 0. The first-order valence-corrected chi connectivity index (χ1v) is 5.25. The lowest BCUT2D eigenvalue weighted by molar-refractivity contribution is -0.143. The molecule has 0 N–H and O–H groups in total. The molecule has 0 aliphatic carbocycles. The Hall–Kier alpha value is -1.19. The normalized spacial score (nSPS) is 19.8. The van der Waals surface area contributed by atoms with Gasteiger partial charge in [-0.1, -0.05) is 20.8 Å². The van der Waals surface area contributed by atoms with E-state index >= 15 is 0 Å². The van der Waals surface area contributed by atoms with E-state index in [2.05, 4.69) is 0 Å². The van der Waals surface area contributed by atoms with Gasteiger partial charge in [0.15, 0.2) is 5.78 Å². The molecule has 4 nitrogen and oxygen atoms in total. The number of hydrogen-bond donors (Lipinski definition) is 0. The molecule has 4 heteroatoms. The van der Waals surface area contributed by atoms with Crippen molar-refractivity contribution >= 4 is 17.6 Å². The predicted molar refractivity (Wildman–Crippen MR) is 55.0 cm³/mol. The Bertz CT molecular complexity index is 307. The van der Waals surface area contributed by atoms with Crippen molar-refractivity contribution in [1.82, 2.24) is 4.90 Å². The van der Waals surface area contributed by atoms with E-state index in [1.165, 1.54) is 0 Å². The van der Waals surface area contributed by atoms with Gasteiger partial charge in [-0.25, -0.2) is 0 Å². The quantitative estimate of drug-likeness (QED) is 0.655. The Morgan fingerprint density at radius 2 is 2.00 bits per heavy atom. The van der Waals surface area contributed by atoms with Gasteiger partial charge in [0.2, 0.25) is 11.8 Å². The Labute approximate surface area is 89.6 Å². The monoisotopic (exact) mass is 211 g/mol. The number of imide groups is 1. The van der Waals surface area contributed by atoms with Gasteiger partial charge in [0, 0.05) is 12.8 Å². The van der Waals surface area contributed by atoms with Gasteiger partial charge in [0.25, 0.3) is 0 Å². The maximum absolute atomic E-state index is 11.7. The summed E-state index contributed by atoms with van der Waals surface area (Å²) >= 11 is 0. The molecule has 1 fully saturated rings. The van der Waals surface area contributed by atoms with Crippen molar-refractivity contribution in [3.63, 3.8) is 0 Å². The lowest BCUT2D eigenvalue weighted by Crippen LogP contribution is -2.37. The minimum atomic E-state index is -0.635. The number of hydrogen-bond acceptors (Lipinski definition) is 3. The number of Topliss-reactive ketones (excluding diaryl/α,β-unsaturated/α-hetero) is 1. The molecule has 0 atom stereocenters. The maximum atomic E-state index is 11.7. The van der Waals surface area contributed by atoms with Crippen LogP contribution in [0.15, 0.2) is 0 Å². The highest BCUT2D eigenvalue weighted by atomic mass is 16.2. The van der Waals surface area contributed by atoms with Crippen molar-refractivity contribution in [2.75, 3.05) is 6.54 Å². The average Bonchev–Trinajstić information content (AvgIpc) is 2.28. The summed E-state index contributed by atoms with van der Waals surface area (Å²) in [5.41, 5.74) is -0.635. The molecule has 0 aromatic heterocycles. The van der Waals surface area contributed by atoms with E-state index in [0.717, 1.165) is 11.3 Å². The molecule has 1 aliphatic rings. The van der Waals surface area contributed by atoms with E-state index in [9.17, 15) is 14.4 Å². The van der Waals surface area contributed by atoms with Gasteiger partial charge < -0.3 is 0 Å². The Morgan fingerprint density at radius 3 is 2.40 bits per heavy atom. The molecule has 0 unspecified atom stereocenters. The number of carbonyl (C=O) groups is 3. The Morgan fingerprint density at radius 1 is 1.40 bits per heavy atom. The summed E-state index contributed by atoms with van der Waals surface area (Å²) in [7, 11) is 0. The average molecular weight is 211 g/mol. The molecule has 0 bridgehead atoms. The third kappa shape index (κ3) is 2.43. The van der Waals surface area contributed by atoms with Crippen LogP contribution < -0.4 is 0 Å². The lowest BCUT2D eigenvalue weighted by atomic mass is 9.92. The number of nitrogens with zero attached hydrogens (tertiary/aromatic N) is 1. The van der Waals surface area contributed by atoms with Gasteiger partial charge in [0.1, 0.15) is 0 Å². The second-order valence-electron chi connectivity index (χ2n) is 4.63. The smallest absolute Gasteiger partial charge is 0.235 e. The van der Waals surface area contributed by atoms with Crippen LogP contribution in [0.25, 0.3) is 0 Å². The summed E-state index contributed by atoms with van der Waals surface area (Å²) < 4.78 is 0. The van der Waals surface area contributed by atoms with Gasteiger partial charge in [-0.3, -0.25) is 19.3 Å². The molecule has 84 valence electrons. The third-order valence-electron chi connectivity index (χ3n) is 2.58. The molecule has 15 heavy (non-hydrogen) atoms. The summed E-state index contributed by atoms with van der Waals surface area (Å²) in [4.78, 5) is 35.7. The number of likely N-dealkylation sites (tertiary alicyclic amines) is 1. The summed E-state index contributed by atoms with van der Waals surface area (Å²) in [6.45, 7) is 5.32. The minimum absolute atomic E-state index is 0.0445. The van der Waals surface area contributed by atoms with Crippen LogP contribution in [0.5, 0.6) is 0 Å². The molecule has 0 aromatic rings. The molecular weight excluding hydrogens is 194 g/mol. The standard InChI is InChI=1S/C11H17NO3/c1-4-5-8(13)7-12-9(14)6-11(2,3)10(12)15/h4-7H2,1-3H3. The van der Waals surface area contributed by atoms with E-state index in [-0.39, 0.29) is 30.6 Å². The van der Waals surface area contributed by atoms with E-state index in [1.54, 1.807) is 13.8 Å². The van der Waals surface area contributed by atoms with Gasteiger partial charge in [0.05, 0.1) is 12.0 Å². The molecule has 1 aliphatic heterocycles. The molecule has 1 saturated heterocycles. The van der Waals surface area contributed by atoms with E-state index in [0.29, 0.717) is 6.42 Å². The second kappa shape index (κ2) is 4.13. The fourth-order valence-corrected chi connectivity index (χ4v) is 1.72. The lowest BCUT2D eigenvalue weighted by Gasteiger charge is -2.16.